The first-order chi connectivity index (χ1) is 20.3. The molecule has 1 saturated heterocycles. The highest BCUT2D eigenvalue weighted by atomic mass is 19.1. The van der Waals surface area contributed by atoms with Crippen LogP contribution >= 0.6 is 0 Å². The van der Waals surface area contributed by atoms with Crippen LogP contribution in [0.4, 0.5) is 10.1 Å². The van der Waals surface area contributed by atoms with E-state index < -0.39 is 54.9 Å². The van der Waals surface area contributed by atoms with Gasteiger partial charge in [0.2, 0.25) is 23.6 Å². The lowest BCUT2D eigenvalue weighted by Gasteiger charge is -2.32. The van der Waals surface area contributed by atoms with Crippen LogP contribution in [0.5, 0.6) is 0 Å². The number of carbonyl (C=O) groups excluding carboxylic acids is 4. The lowest BCUT2D eigenvalue weighted by Crippen LogP contribution is -2.58. The fraction of sp³-hybridized carbons (Fsp3) is 0.667. The van der Waals surface area contributed by atoms with Crippen LogP contribution in [0.25, 0.3) is 0 Å². The summed E-state index contributed by atoms with van der Waals surface area (Å²) >= 11 is 0. The standard InChI is InChI=1S/C30H44BFN4O7/c1-7-18(2)24(35-23(37)16-41-14-13-32)27(39)34-21-12-11-19-9-8-10-20-15-22(36(25(19)20)28(21)40)26(38)33-17-31-42-29(3,4)30(5,6)43-31/h8-10,18,21-22,24H,7,11-17H2,1-6H3,(H,33,38)(H,34,39)(H,35,37)/t18-,21-,22-,24-/m0/s1. The van der Waals surface area contributed by atoms with Gasteiger partial charge >= 0.3 is 7.12 Å². The third-order valence-electron chi connectivity index (χ3n) is 9.04. The fourth-order valence-corrected chi connectivity index (χ4v) is 5.72. The minimum Gasteiger partial charge on any atom is -0.402 e. The highest BCUT2D eigenvalue weighted by Gasteiger charge is 2.51. The molecule has 4 rings (SSSR count). The maximum atomic E-state index is 14.1. The zero-order valence-electron chi connectivity index (χ0n) is 26.0. The van der Waals surface area contributed by atoms with Gasteiger partial charge in [-0.2, -0.15) is 0 Å². The minimum absolute atomic E-state index is 0.124. The van der Waals surface area contributed by atoms with E-state index in [0.29, 0.717) is 25.7 Å². The molecule has 0 aliphatic carbocycles. The third kappa shape index (κ3) is 7.04. The number of aryl methyl sites for hydroxylation is 1. The summed E-state index contributed by atoms with van der Waals surface area (Å²) in [5, 5.41) is 8.44. The van der Waals surface area contributed by atoms with E-state index in [-0.39, 0.29) is 37.4 Å². The topological polar surface area (TPSA) is 135 Å². The first kappa shape index (κ1) is 32.9. The van der Waals surface area contributed by atoms with E-state index in [0.717, 1.165) is 16.8 Å². The number of hydrogen-bond acceptors (Lipinski definition) is 7. The molecule has 11 nitrogen and oxygen atoms in total. The molecule has 4 amide bonds. The Morgan fingerprint density at radius 3 is 2.49 bits per heavy atom. The van der Waals surface area contributed by atoms with Crippen LogP contribution in [-0.2, 0) is 46.1 Å². The van der Waals surface area contributed by atoms with E-state index in [1.165, 1.54) is 4.90 Å². The van der Waals surface area contributed by atoms with Crippen molar-refractivity contribution >= 4 is 36.4 Å². The van der Waals surface area contributed by atoms with Gasteiger partial charge in [-0.3, -0.25) is 24.1 Å². The number of amides is 4. The van der Waals surface area contributed by atoms with Gasteiger partial charge in [0, 0.05) is 6.42 Å². The van der Waals surface area contributed by atoms with Gasteiger partial charge in [-0.15, -0.1) is 0 Å². The second kappa shape index (κ2) is 13.3. The molecular weight excluding hydrogens is 558 g/mol. The van der Waals surface area contributed by atoms with E-state index in [4.69, 9.17) is 14.0 Å². The molecule has 236 valence electrons. The van der Waals surface area contributed by atoms with Gasteiger partial charge in [0.05, 0.1) is 29.9 Å². The van der Waals surface area contributed by atoms with Crippen LogP contribution in [0.1, 0.15) is 65.5 Å². The third-order valence-corrected chi connectivity index (χ3v) is 9.04. The van der Waals surface area contributed by atoms with Crippen molar-refractivity contribution in [3.05, 3.63) is 29.3 Å². The number of alkyl halides is 1. The summed E-state index contributed by atoms with van der Waals surface area (Å²) in [7, 11) is -0.629. The molecule has 13 heteroatoms. The Labute approximate surface area is 253 Å². The van der Waals surface area contributed by atoms with E-state index in [9.17, 15) is 23.6 Å². The van der Waals surface area contributed by atoms with E-state index in [1.807, 2.05) is 59.7 Å². The maximum Gasteiger partial charge on any atom is 0.478 e. The summed E-state index contributed by atoms with van der Waals surface area (Å²) in [6.45, 7) is 10.2. The summed E-state index contributed by atoms with van der Waals surface area (Å²) in [5.74, 6) is -2.01. The molecule has 3 aliphatic rings. The van der Waals surface area contributed by atoms with Crippen molar-refractivity contribution < 1.29 is 37.6 Å². The molecule has 3 heterocycles. The van der Waals surface area contributed by atoms with Crippen molar-refractivity contribution in [3.8, 4) is 0 Å². The quantitative estimate of drug-likeness (QED) is 0.245. The number of anilines is 1. The molecule has 4 atom stereocenters. The van der Waals surface area contributed by atoms with Crippen molar-refractivity contribution in [1.29, 1.82) is 0 Å². The maximum absolute atomic E-state index is 14.1. The highest BCUT2D eigenvalue weighted by molar-refractivity contribution is 6.46. The average Bonchev–Trinajstić information content (AvgIpc) is 3.40. The highest BCUT2D eigenvalue weighted by Crippen LogP contribution is 2.39. The van der Waals surface area contributed by atoms with Gasteiger partial charge in [-0.1, -0.05) is 38.5 Å². The van der Waals surface area contributed by atoms with Crippen LogP contribution in [0.15, 0.2) is 18.2 Å². The summed E-state index contributed by atoms with van der Waals surface area (Å²) in [6.07, 6.45) is 1.92. The molecule has 0 unspecified atom stereocenters. The number of halogens is 1. The first-order valence-corrected chi connectivity index (χ1v) is 15.1. The van der Waals surface area contributed by atoms with Crippen LogP contribution in [0.3, 0.4) is 0 Å². The zero-order valence-corrected chi connectivity index (χ0v) is 26.0. The second-order valence-corrected chi connectivity index (χ2v) is 12.6. The number of para-hydroxylation sites is 1. The predicted molar refractivity (Wildman–Crippen MR) is 159 cm³/mol. The van der Waals surface area contributed by atoms with Crippen LogP contribution in [0, 0.1) is 5.92 Å². The summed E-state index contributed by atoms with van der Waals surface area (Å²) < 4.78 is 29.4. The Kier molecular flexibility index (Phi) is 10.2. The van der Waals surface area contributed by atoms with Gasteiger partial charge in [0.1, 0.15) is 31.4 Å². The first-order valence-electron chi connectivity index (χ1n) is 15.1. The van der Waals surface area contributed by atoms with Crippen molar-refractivity contribution in [3.63, 3.8) is 0 Å². The Balaban J connectivity index is 1.48. The monoisotopic (exact) mass is 602 g/mol. The van der Waals surface area contributed by atoms with Gasteiger partial charge < -0.3 is 30.0 Å². The molecule has 0 saturated carbocycles. The van der Waals surface area contributed by atoms with Gasteiger partial charge in [0.15, 0.2) is 0 Å². The SMILES string of the molecule is CC[C@H](C)[C@H](NC(=O)COCCF)C(=O)N[C@H]1CCc2cccc3c2N(C1=O)[C@H](C(=O)NCB1OC(C)(C)C(C)(C)O1)C3. The molecule has 1 aromatic rings. The van der Waals surface area contributed by atoms with Gasteiger partial charge in [-0.25, -0.2) is 4.39 Å². The Bertz CT molecular complexity index is 1210. The van der Waals surface area contributed by atoms with Crippen molar-refractivity contribution in [1.82, 2.24) is 16.0 Å². The number of rotatable bonds is 12. The van der Waals surface area contributed by atoms with E-state index >= 15 is 0 Å². The Morgan fingerprint density at radius 2 is 1.84 bits per heavy atom. The smallest absolute Gasteiger partial charge is 0.402 e. The number of hydrogen-bond donors (Lipinski definition) is 3. The molecule has 0 bridgehead atoms. The van der Waals surface area contributed by atoms with E-state index in [2.05, 4.69) is 16.0 Å². The molecule has 3 N–H and O–H groups in total. The van der Waals surface area contributed by atoms with Crippen molar-refractivity contribution in [2.45, 2.75) is 96.6 Å². The lowest BCUT2D eigenvalue weighted by molar-refractivity contribution is -0.134. The van der Waals surface area contributed by atoms with Crippen LogP contribution in [0.2, 0.25) is 0 Å². The molecule has 0 radical (unpaired) electrons. The molecule has 43 heavy (non-hydrogen) atoms. The summed E-state index contributed by atoms with van der Waals surface area (Å²) in [5.41, 5.74) is 1.46. The minimum atomic E-state index is -0.918. The van der Waals surface area contributed by atoms with Crippen LogP contribution in [-0.4, -0.2) is 86.4 Å². The molecule has 1 aromatic carbocycles. The number of nitrogens with one attached hydrogen (secondary N) is 3. The molecule has 1 fully saturated rings. The molecule has 3 aliphatic heterocycles. The molecule has 0 aromatic heterocycles. The van der Waals surface area contributed by atoms with Crippen molar-refractivity contribution in [2.24, 2.45) is 5.92 Å². The Morgan fingerprint density at radius 1 is 1.16 bits per heavy atom. The zero-order chi connectivity index (χ0) is 31.5. The average molecular weight is 603 g/mol. The number of ether oxygens (including phenoxy) is 1. The lowest BCUT2D eigenvalue weighted by atomic mass is 9.90. The molecular formula is C30H44BFN4O7. The Hall–Kier alpha value is -3.03. The predicted octanol–water partition coefficient (Wildman–Crippen LogP) is 1.64. The van der Waals surface area contributed by atoms with Gasteiger partial charge in [0.25, 0.3) is 0 Å². The number of benzene rings is 1. The summed E-state index contributed by atoms with van der Waals surface area (Å²) in [4.78, 5) is 55.0. The number of nitrogens with zero attached hydrogens (tertiary/aromatic N) is 1. The number of carbonyl (C=O) groups is 4. The second-order valence-electron chi connectivity index (χ2n) is 12.6. The summed E-state index contributed by atoms with van der Waals surface area (Å²) in [6, 6.07) is 3.14. The van der Waals surface area contributed by atoms with E-state index in [1.54, 1.807) is 0 Å². The van der Waals surface area contributed by atoms with Gasteiger partial charge in [-0.05, 0) is 57.6 Å². The largest absolute Gasteiger partial charge is 0.478 e. The molecule has 0 spiro atoms. The normalized spacial score (nSPS) is 23.3. The van der Waals surface area contributed by atoms with Crippen LogP contribution < -0.4 is 20.9 Å². The fourth-order valence-electron chi connectivity index (χ4n) is 5.72. The van der Waals surface area contributed by atoms with Crippen molar-refractivity contribution in [2.75, 3.05) is 31.2 Å².